The molecule has 4 rings (SSSR count). The van der Waals surface area contributed by atoms with Crippen molar-refractivity contribution in [3.05, 3.63) is 99.1 Å². The van der Waals surface area contributed by atoms with E-state index in [4.69, 9.17) is 39.9 Å². The molecule has 0 unspecified atom stereocenters. The van der Waals surface area contributed by atoms with Gasteiger partial charge in [-0.2, -0.15) is 5.10 Å². The minimum absolute atomic E-state index is 0.00127. The van der Waals surface area contributed by atoms with Gasteiger partial charge in [-0.25, -0.2) is 17.8 Å². The number of nitrogens with zero attached hydrogens (tertiary/aromatic N) is 2. The summed E-state index contributed by atoms with van der Waals surface area (Å²) in [6, 6.07) is 20.8. The van der Waals surface area contributed by atoms with E-state index in [9.17, 15) is 8.42 Å². The van der Waals surface area contributed by atoms with Crippen LogP contribution in [0.25, 0.3) is 16.9 Å². The number of aromatic nitrogens is 2. The third-order valence-corrected chi connectivity index (χ3v) is 7.16. The number of halogens is 3. The van der Waals surface area contributed by atoms with E-state index in [1.807, 2.05) is 37.3 Å². The maximum Gasteiger partial charge on any atom is 0.240 e. The lowest BCUT2D eigenvalue weighted by molar-refractivity contribution is 0.580. The highest BCUT2D eigenvalue weighted by atomic mass is 35.5. The molecule has 0 radical (unpaired) electrons. The van der Waals surface area contributed by atoms with E-state index < -0.39 is 10.0 Å². The predicted octanol–water partition coefficient (Wildman–Crippen LogP) is 6.29. The number of hydrogen-bond donors (Lipinski definition) is 1. The van der Waals surface area contributed by atoms with Gasteiger partial charge in [-0.15, -0.1) is 0 Å². The first-order valence-electron chi connectivity index (χ1n) is 9.61. The van der Waals surface area contributed by atoms with E-state index in [2.05, 4.69) is 4.72 Å². The van der Waals surface area contributed by atoms with Crippen LogP contribution in [0.4, 0.5) is 0 Å². The Morgan fingerprint density at radius 1 is 0.906 bits per heavy atom. The Bertz CT molecular complexity index is 1380. The van der Waals surface area contributed by atoms with Crippen LogP contribution in [0, 0.1) is 6.92 Å². The highest BCUT2D eigenvalue weighted by Gasteiger charge is 2.21. The lowest BCUT2D eigenvalue weighted by atomic mass is 10.1. The van der Waals surface area contributed by atoms with Crippen LogP contribution in [0.1, 0.15) is 11.3 Å². The molecule has 1 aromatic heterocycles. The molecule has 0 atom stereocenters. The summed E-state index contributed by atoms with van der Waals surface area (Å²) < 4.78 is 29.8. The van der Waals surface area contributed by atoms with E-state index >= 15 is 0 Å². The maximum atomic E-state index is 12.8. The van der Waals surface area contributed by atoms with Gasteiger partial charge in [0.05, 0.1) is 33.5 Å². The van der Waals surface area contributed by atoms with Crippen molar-refractivity contribution in [2.24, 2.45) is 0 Å². The van der Waals surface area contributed by atoms with Crippen molar-refractivity contribution in [2.75, 3.05) is 0 Å². The van der Waals surface area contributed by atoms with E-state index in [0.717, 1.165) is 16.8 Å². The smallest absolute Gasteiger partial charge is 0.231 e. The van der Waals surface area contributed by atoms with Gasteiger partial charge in [0.25, 0.3) is 0 Å². The average molecular weight is 507 g/mol. The van der Waals surface area contributed by atoms with Crippen molar-refractivity contribution in [1.29, 1.82) is 0 Å². The summed E-state index contributed by atoms with van der Waals surface area (Å²) in [6.45, 7) is 1.89. The third kappa shape index (κ3) is 4.70. The van der Waals surface area contributed by atoms with Gasteiger partial charge in [0.2, 0.25) is 10.0 Å². The molecule has 0 aliphatic rings. The van der Waals surface area contributed by atoms with Crippen LogP contribution in [0.2, 0.25) is 15.1 Å². The Morgan fingerprint density at radius 2 is 1.62 bits per heavy atom. The van der Waals surface area contributed by atoms with Crippen LogP contribution in [-0.2, 0) is 16.6 Å². The van der Waals surface area contributed by atoms with Crippen LogP contribution in [-0.4, -0.2) is 18.2 Å². The minimum Gasteiger partial charge on any atom is -0.231 e. The molecule has 32 heavy (non-hydrogen) atoms. The van der Waals surface area contributed by atoms with Gasteiger partial charge in [0.15, 0.2) is 0 Å². The Labute approximate surface area is 201 Å². The highest BCUT2D eigenvalue weighted by Crippen LogP contribution is 2.32. The number of hydrogen-bond acceptors (Lipinski definition) is 3. The molecule has 0 bridgehead atoms. The molecule has 164 valence electrons. The number of nitrogens with one attached hydrogen (secondary N) is 1. The molecule has 0 spiro atoms. The molecule has 5 nitrogen and oxygen atoms in total. The largest absolute Gasteiger partial charge is 0.240 e. The number of para-hydroxylation sites is 1. The van der Waals surface area contributed by atoms with E-state index in [1.165, 1.54) is 12.1 Å². The van der Waals surface area contributed by atoms with E-state index in [-0.39, 0.29) is 11.4 Å². The van der Waals surface area contributed by atoms with Crippen molar-refractivity contribution in [1.82, 2.24) is 14.5 Å². The van der Waals surface area contributed by atoms with E-state index in [1.54, 1.807) is 35.0 Å². The molecule has 0 amide bonds. The molecular formula is C23H18Cl3N3O2S. The lowest BCUT2D eigenvalue weighted by Gasteiger charge is -2.10. The third-order valence-electron chi connectivity index (χ3n) is 4.95. The van der Waals surface area contributed by atoms with Crippen molar-refractivity contribution < 1.29 is 8.42 Å². The SMILES string of the molecule is Cc1c(CNS(=O)(=O)c2cccc(Cl)c2)nn(-c2ccccc2Cl)c1-c1ccc(Cl)cc1. The summed E-state index contributed by atoms with van der Waals surface area (Å²) in [5.41, 5.74) is 3.75. The first-order chi connectivity index (χ1) is 15.3. The topological polar surface area (TPSA) is 64.0 Å². The molecule has 0 aliphatic heterocycles. The van der Waals surface area contributed by atoms with Gasteiger partial charge in [-0.3, -0.25) is 0 Å². The van der Waals surface area contributed by atoms with Crippen molar-refractivity contribution in [3.8, 4) is 16.9 Å². The fourth-order valence-corrected chi connectivity index (χ4v) is 4.96. The average Bonchev–Trinajstić information content (AvgIpc) is 3.09. The standard InChI is InChI=1S/C23H18Cl3N3O2S/c1-15-21(14-27-32(30,31)19-6-4-5-18(25)13-19)28-29(22-8-3-2-7-20(22)26)23(15)16-9-11-17(24)12-10-16/h2-13,27H,14H2,1H3. The summed E-state index contributed by atoms with van der Waals surface area (Å²) >= 11 is 18.5. The summed E-state index contributed by atoms with van der Waals surface area (Å²) in [5, 5.41) is 6.18. The molecule has 0 fully saturated rings. The van der Waals surface area contributed by atoms with Gasteiger partial charge < -0.3 is 0 Å². The van der Waals surface area contributed by atoms with Crippen LogP contribution >= 0.6 is 34.8 Å². The summed E-state index contributed by atoms with van der Waals surface area (Å²) in [5.74, 6) is 0. The zero-order valence-electron chi connectivity index (χ0n) is 16.9. The first-order valence-corrected chi connectivity index (χ1v) is 12.2. The predicted molar refractivity (Wildman–Crippen MR) is 129 cm³/mol. The molecule has 4 aromatic rings. The molecule has 0 saturated heterocycles. The van der Waals surface area contributed by atoms with Crippen LogP contribution in [0.3, 0.4) is 0 Å². The molecule has 9 heteroatoms. The number of rotatable bonds is 6. The summed E-state index contributed by atoms with van der Waals surface area (Å²) in [7, 11) is -3.77. The summed E-state index contributed by atoms with van der Waals surface area (Å²) in [4.78, 5) is 0.0890. The van der Waals surface area contributed by atoms with Crippen molar-refractivity contribution in [2.45, 2.75) is 18.4 Å². The van der Waals surface area contributed by atoms with Crippen LogP contribution in [0.5, 0.6) is 0 Å². The van der Waals surface area contributed by atoms with Gasteiger partial charge in [-0.05, 0) is 49.4 Å². The quantitative estimate of drug-likeness (QED) is 0.334. The second-order valence-corrected chi connectivity index (χ2v) is 10.1. The lowest BCUT2D eigenvalue weighted by Crippen LogP contribution is -2.23. The molecule has 1 N–H and O–H groups in total. The zero-order valence-corrected chi connectivity index (χ0v) is 20.0. The molecule has 0 saturated carbocycles. The fraction of sp³-hybridized carbons (Fsp3) is 0.0870. The van der Waals surface area contributed by atoms with Gasteiger partial charge in [0.1, 0.15) is 0 Å². The molecular weight excluding hydrogens is 489 g/mol. The highest BCUT2D eigenvalue weighted by molar-refractivity contribution is 7.89. The minimum atomic E-state index is -3.77. The van der Waals surface area contributed by atoms with Crippen molar-refractivity contribution in [3.63, 3.8) is 0 Å². The second kappa shape index (κ2) is 9.25. The Hall–Kier alpha value is -2.35. The van der Waals surface area contributed by atoms with Crippen LogP contribution in [0.15, 0.2) is 77.7 Å². The van der Waals surface area contributed by atoms with Crippen LogP contribution < -0.4 is 4.72 Å². The second-order valence-electron chi connectivity index (χ2n) is 7.07. The Balaban J connectivity index is 1.76. The molecule has 3 aromatic carbocycles. The first kappa shape index (κ1) is 22.8. The molecule has 0 aliphatic carbocycles. The number of sulfonamides is 1. The molecule has 1 heterocycles. The summed E-state index contributed by atoms with van der Waals surface area (Å²) in [6.07, 6.45) is 0. The number of benzene rings is 3. The zero-order chi connectivity index (χ0) is 22.9. The normalized spacial score (nSPS) is 11.6. The van der Waals surface area contributed by atoms with Gasteiger partial charge >= 0.3 is 0 Å². The van der Waals surface area contributed by atoms with E-state index in [0.29, 0.717) is 26.4 Å². The Morgan fingerprint density at radius 3 is 2.31 bits per heavy atom. The fourth-order valence-electron chi connectivity index (χ4n) is 3.33. The van der Waals surface area contributed by atoms with Gasteiger partial charge in [-0.1, -0.05) is 65.1 Å². The Kier molecular flexibility index (Phi) is 6.60. The monoisotopic (exact) mass is 505 g/mol. The van der Waals surface area contributed by atoms with Gasteiger partial charge in [0, 0.05) is 21.2 Å². The maximum absolute atomic E-state index is 12.8. The van der Waals surface area contributed by atoms with Crippen molar-refractivity contribution >= 4 is 44.8 Å².